The number of carbonyl (C=O) groups is 2. The van der Waals surface area contributed by atoms with Crippen LogP contribution in [0.25, 0.3) is 0 Å². The Hall–Kier alpha value is -1.10. The molecular formula is C11H20N2O3. The van der Waals surface area contributed by atoms with E-state index >= 15 is 0 Å². The minimum Gasteiger partial charge on any atom is -0.480 e. The lowest BCUT2D eigenvalue weighted by Crippen LogP contribution is -2.44. The lowest BCUT2D eigenvalue weighted by atomic mass is 10.1. The van der Waals surface area contributed by atoms with Gasteiger partial charge in [0.2, 0.25) is 5.91 Å². The van der Waals surface area contributed by atoms with Crippen LogP contribution in [0, 0.1) is 5.92 Å². The Morgan fingerprint density at radius 3 is 2.62 bits per heavy atom. The second kappa shape index (κ2) is 6.48. The van der Waals surface area contributed by atoms with Gasteiger partial charge < -0.3 is 15.7 Å². The van der Waals surface area contributed by atoms with E-state index in [1.54, 1.807) is 0 Å². The summed E-state index contributed by atoms with van der Waals surface area (Å²) in [5.74, 6) is -0.474. The molecule has 1 fully saturated rings. The summed E-state index contributed by atoms with van der Waals surface area (Å²) in [7, 11) is 0. The van der Waals surface area contributed by atoms with Gasteiger partial charge >= 0.3 is 5.97 Å². The summed E-state index contributed by atoms with van der Waals surface area (Å²) < 4.78 is 0. The van der Waals surface area contributed by atoms with E-state index in [4.69, 9.17) is 5.11 Å². The quantitative estimate of drug-likeness (QED) is 0.560. The number of carboxylic acids is 1. The topological polar surface area (TPSA) is 78.4 Å². The van der Waals surface area contributed by atoms with Crippen LogP contribution in [0.5, 0.6) is 0 Å². The summed E-state index contributed by atoms with van der Waals surface area (Å²) in [6, 6.07) is -0.750. The first-order valence-corrected chi connectivity index (χ1v) is 5.86. The molecule has 1 rings (SSSR count). The highest BCUT2D eigenvalue weighted by atomic mass is 16.4. The van der Waals surface area contributed by atoms with E-state index in [0.717, 1.165) is 18.9 Å². The van der Waals surface area contributed by atoms with Crippen molar-refractivity contribution in [2.75, 3.05) is 13.1 Å². The van der Waals surface area contributed by atoms with Crippen molar-refractivity contribution in [3.05, 3.63) is 0 Å². The molecule has 3 N–H and O–H groups in total. The van der Waals surface area contributed by atoms with Gasteiger partial charge in [0, 0.05) is 0 Å². The summed E-state index contributed by atoms with van der Waals surface area (Å²) >= 11 is 0. The highest BCUT2D eigenvalue weighted by Crippen LogP contribution is 2.27. The van der Waals surface area contributed by atoms with Crippen LogP contribution < -0.4 is 10.6 Å². The molecule has 1 saturated carbocycles. The number of carbonyl (C=O) groups excluding carboxylic acids is 1. The van der Waals surface area contributed by atoms with Crippen LogP contribution in [0.15, 0.2) is 0 Å². The van der Waals surface area contributed by atoms with Crippen molar-refractivity contribution < 1.29 is 14.7 Å². The molecule has 0 aliphatic heterocycles. The largest absolute Gasteiger partial charge is 0.480 e. The Morgan fingerprint density at radius 1 is 1.44 bits per heavy atom. The maximum atomic E-state index is 11.4. The smallest absolute Gasteiger partial charge is 0.326 e. The number of hydrogen-bond acceptors (Lipinski definition) is 3. The first kappa shape index (κ1) is 13.0. The van der Waals surface area contributed by atoms with Gasteiger partial charge in [-0.25, -0.2) is 4.79 Å². The minimum atomic E-state index is -0.961. The molecule has 1 aliphatic carbocycles. The van der Waals surface area contributed by atoms with Crippen molar-refractivity contribution >= 4 is 11.9 Å². The van der Waals surface area contributed by atoms with Crippen LogP contribution in [0.2, 0.25) is 0 Å². The van der Waals surface area contributed by atoms with Crippen molar-refractivity contribution in [2.24, 2.45) is 5.92 Å². The second-order valence-electron chi connectivity index (χ2n) is 4.32. The molecule has 0 bridgehead atoms. The summed E-state index contributed by atoms with van der Waals surface area (Å²) in [5.41, 5.74) is 0. The molecule has 1 atom stereocenters. The molecular weight excluding hydrogens is 208 g/mol. The third kappa shape index (κ3) is 5.11. The molecule has 0 aromatic heterocycles. The molecule has 5 nitrogen and oxygen atoms in total. The van der Waals surface area contributed by atoms with Gasteiger partial charge in [0.1, 0.15) is 6.04 Å². The molecule has 0 spiro atoms. The molecule has 5 heteroatoms. The zero-order valence-corrected chi connectivity index (χ0v) is 9.66. The van der Waals surface area contributed by atoms with Crippen LogP contribution in [0.4, 0.5) is 0 Å². The number of nitrogens with one attached hydrogen (secondary N) is 2. The maximum Gasteiger partial charge on any atom is 0.326 e. The van der Waals surface area contributed by atoms with E-state index in [2.05, 4.69) is 10.6 Å². The van der Waals surface area contributed by atoms with Crippen molar-refractivity contribution in [3.63, 3.8) is 0 Å². The SMILES string of the molecule is CCC[C@@H](NC(=O)CNCC1CC1)C(=O)O. The molecule has 0 aromatic rings. The fraction of sp³-hybridized carbons (Fsp3) is 0.818. The van der Waals surface area contributed by atoms with Gasteiger partial charge in [-0.1, -0.05) is 13.3 Å². The normalized spacial score (nSPS) is 16.8. The number of aliphatic carboxylic acids is 1. The molecule has 0 unspecified atom stereocenters. The second-order valence-corrected chi connectivity index (χ2v) is 4.32. The summed E-state index contributed by atoms with van der Waals surface area (Å²) in [5, 5.41) is 14.4. The number of amides is 1. The van der Waals surface area contributed by atoms with Crippen LogP contribution in [-0.4, -0.2) is 36.1 Å². The lowest BCUT2D eigenvalue weighted by molar-refractivity contribution is -0.141. The van der Waals surface area contributed by atoms with E-state index < -0.39 is 12.0 Å². The Kier molecular flexibility index (Phi) is 5.25. The number of carboxylic acid groups (broad SMARTS) is 1. The van der Waals surface area contributed by atoms with Gasteiger partial charge in [-0.3, -0.25) is 4.79 Å². The van der Waals surface area contributed by atoms with E-state index in [9.17, 15) is 9.59 Å². The van der Waals surface area contributed by atoms with Crippen LogP contribution >= 0.6 is 0 Å². The Morgan fingerprint density at radius 2 is 2.12 bits per heavy atom. The highest BCUT2D eigenvalue weighted by molar-refractivity contribution is 5.84. The van der Waals surface area contributed by atoms with Gasteiger partial charge in [-0.15, -0.1) is 0 Å². The average molecular weight is 228 g/mol. The molecule has 16 heavy (non-hydrogen) atoms. The standard InChI is InChI=1S/C11H20N2O3/c1-2-3-9(11(15)16)13-10(14)7-12-6-8-4-5-8/h8-9,12H,2-7H2,1H3,(H,13,14)(H,15,16)/t9-/m1/s1. The lowest BCUT2D eigenvalue weighted by Gasteiger charge is -2.13. The number of rotatable bonds is 8. The van der Waals surface area contributed by atoms with Gasteiger partial charge in [0.25, 0.3) is 0 Å². The predicted molar refractivity (Wildman–Crippen MR) is 60.1 cm³/mol. The number of hydrogen-bond donors (Lipinski definition) is 3. The molecule has 92 valence electrons. The molecule has 0 saturated heterocycles. The highest BCUT2D eigenvalue weighted by Gasteiger charge is 2.21. The zero-order valence-electron chi connectivity index (χ0n) is 9.66. The van der Waals surface area contributed by atoms with E-state index in [-0.39, 0.29) is 12.5 Å². The fourth-order valence-electron chi connectivity index (χ4n) is 1.50. The first-order chi connectivity index (χ1) is 7.63. The molecule has 0 radical (unpaired) electrons. The first-order valence-electron chi connectivity index (χ1n) is 5.86. The third-order valence-electron chi connectivity index (χ3n) is 2.63. The van der Waals surface area contributed by atoms with Gasteiger partial charge in [-0.2, -0.15) is 0 Å². The summed E-state index contributed by atoms with van der Waals surface area (Å²) in [4.78, 5) is 22.2. The van der Waals surface area contributed by atoms with Crippen LogP contribution in [0.3, 0.4) is 0 Å². The van der Waals surface area contributed by atoms with Gasteiger partial charge in [0.15, 0.2) is 0 Å². The third-order valence-corrected chi connectivity index (χ3v) is 2.63. The molecule has 0 aromatic carbocycles. The van der Waals surface area contributed by atoms with E-state index in [1.165, 1.54) is 12.8 Å². The van der Waals surface area contributed by atoms with Crippen LogP contribution in [-0.2, 0) is 9.59 Å². The maximum absolute atomic E-state index is 11.4. The fourth-order valence-corrected chi connectivity index (χ4v) is 1.50. The van der Waals surface area contributed by atoms with E-state index in [1.807, 2.05) is 6.92 Å². The predicted octanol–water partition coefficient (Wildman–Crippen LogP) is 0.355. The monoisotopic (exact) mass is 228 g/mol. The average Bonchev–Trinajstić information content (AvgIpc) is 3.01. The Bertz CT molecular complexity index is 252. The van der Waals surface area contributed by atoms with Crippen molar-refractivity contribution in [2.45, 2.75) is 38.6 Å². The van der Waals surface area contributed by atoms with Gasteiger partial charge in [0.05, 0.1) is 6.54 Å². The summed E-state index contributed by atoms with van der Waals surface area (Å²) in [6.07, 6.45) is 3.70. The van der Waals surface area contributed by atoms with Crippen molar-refractivity contribution in [3.8, 4) is 0 Å². The Balaban J connectivity index is 2.15. The van der Waals surface area contributed by atoms with Crippen LogP contribution in [0.1, 0.15) is 32.6 Å². The van der Waals surface area contributed by atoms with Gasteiger partial charge in [-0.05, 0) is 31.7 Å². The molecule has 1 aliphatic rings. The van der Waals surface area contributed by atoms with Crippen molar-refractivity contribution in [1.29, 1.82) is 0 Å². The van der Waals surface area contributed by atoms with E-state index in [0.29, 0.717) is 6.42 Å². The van der Waals surface area contributed by atoms with Crippen molar-refractivity contribution in [1.82, 2.24) is 10.6 Å². The zero-order chi connectivity index (χ0) is 12.0. The molecule has 0 heterocycles. The minimum absolute atomic E-state index is 0.212. The summed E-state index contributed by atoms with van der Waals surface area (Å²) in [6.45, 7) is 2.97. The molecule has 1 amide bonds. The Labute approximate surface area is 95.6 Å².